The minimum atomic E-state index is -1.45. The number of amides is 3. The number of hydrogen-bond acceptors (Lipinski definition) is 15. The van der Waals surface area contributed by atoms with Crippen LogP contribution in [0.15, 0.2) is 255 Å². The number of carboxylic acids is 2. The number of ether oxygens (including phenoxy) is 2. The summed E-state index contributed by atoms with van der Waals surface area (Å²) in [7, 11) is 1.80. The Balaban J connectivity index is 0.716. The van der Waals surface area contributed by atoms with Crippen LogP contribution in [0.25, 0.3) is 27.5 Å². The normalized spacial score (nSPS) is 14.5. The third kappa shape index (κ3) is 16.3. The number of carbonyl (C=O) groups is 9. The number of nitrogens with one attached hydrogen (secondary N) is 6. The first-order valence-electron chi connectivity index (χ1n) is 35.6. The number of aliphatic carboxylic acids is 2. The monoisotopic (exact) mass is 1450 g/mol. The van der Waals surface area contributed by atoms with Crippen LogP contribution in [0.2, 0.25) is 0 Å². The number of para-hydroxylation sites is 3. The Hall–Kier alpha value is -14.0. The van der Waals surface area contributed by atoms with Gasteiger partial charge in [0.05, 0.1) is 40.9 Å². The topological polar surface area (TPSA) is 293 Å². The molecule has 3 amide bonds. The largest absolute Gasteiger partial charge is 0.481 e. The van der Waals surface area contributed by atoms with Crippen molar-refractivity contribution in [1.82, 2.24) is 4.57 Å². The zero-order valence-electron chi connectivity index (χ0n) is 59.9. The predicted octanol–water partition coefficient (Wildman–Crippen LogP) is 18.6. The molecule has 11 aromatic carbocycles. The molecule has 109 heavy (non-hydrogen) atoms. The van der Waals surface area contributed by atoms with E-state index in [0.29, 0.717) is 45.6 Å². The van der Waals surface area contributed by atoms with E-state index in [2.05, 4.69) is 60.7 Å². The van der Waals surface area contributed by atoms with E-state index in [0.717, 1.165) is 44.6 Å². The number of anilines is 10. The Morgan fingerprint density at radius 2 is 0.862 bits per heavy atom. The predicted molar refractivity (Wildman–Crippen MR) is 423 cm³/mol. The number of Topliss-reactive ketones (excluding diaryl/α,β-unsaturated/α-hetero) is 4. The molecule has 13 rings (SSSR count). The van der Waals surface area contributed by atoms with Crippen LogP contribution in [0.3, 0.4) is 0 Å². The second-order valence-electron chi connectivity index (χ2n) is 26.4. The fourth-order valence-corrected chi connectivity index (χ4v) is 13.9. The minimum absolute atomic E-state index is 0.0215. The zero-order valence-corrected chi connectivity index (χ0v) is 59.9. The number of carboxylic acid groups (broad SMARTS) is 2. The van der Waals surface area contributed by atoms with E-state index in [9.17, 15) is 53.4 Å². The zero-order chi connectivity index (χ0) is 76.4. The van der Waals surface area contributed by atoms with Gasteiger partial charge in [-0.3, -0.25) is 43.2 Å². The Labute approximate surface area is 627 Å². The Kier molecular flexibility index (Phi) is 21.9. The second kappa shape index (κ2) is 32.6. The number of aromatic nitrogens is 1. The Bertz CT molecular complexity index is 5400. The molecule has 0 aliphatic heterocycles. The van der Waals surface area contributed by atoms with E-state index in [1.807, 2.05) is 108 Å². The van der Waals surface area contributed by atoms with Gasteiger partial charge < -0.3 is 61.1 Å². The first-order valence-corrected chi connectivity index (χ1v) is 35.6. The van der Waals surface area contributed by atoms with Crippen LogP contribution < -0.4 is 46.3 Å². The summed E-state index contributed by atoms with van der Waals surface area (Å²) in [4.78, 5) is 124. The maximum atomic E-state index is 14.5. The molecule has 1 aliphatic rings. The van der Waals surface area contributed by atoms with Gasteiger partial charge in [0.25, 0.3) is 11.8 Å². The first-order chi connectivity index (χ1) is 52.8. The highest BCUT2D eigenvalue weighted by Gasteiger charge is 2.49. The molecule has 546 valence electrons. The van der Waals surface area contributed by atoms with Gasteiger partial charge in [0.2, 0.25) is 5.91 Å². The quantitative estimate of drug-likeness (QED) is 0.0211. The maximum Gasteiger partial charge on any atom is 0.307 e. The van der Waals surface area contributed by atoms with Crippen molar-refractivity contribution in [3.63, 3.8) is 0 Å². The number of ketones is 4. The molecule has 4 unspecified atom stereocenters. The van der Waals surface area contributed by atoms with Crippen molar-refractivity contribution in [2.45, 2.75) is 46.5 Å². The molecule has 8 N–H and O–H groups in total. The van der Waals surface area contributed by atoms with Gasteiger partial charge in [-0.1, -0.05) is 74.5 Å². The Morgan fingerprint density at radius 1 is 0.431 bits per heavy atom. The first kappa shape index (κ1) is 73.4. The summed E-state index contributed by atoms with van der Waals surface area (Å²) in [6.45, 7) is 4.22. The number of benzene rings is 11. The molecular formula is C88H76N8O13. The van der Waals surface area contributed by atoms with Crippen LogP contribution in [0.4, 0.5) is 56.9 Å². The van der Waals surface area contributed by atoms with E-state index in [-0.39, 0.29) is 82.4 Å². The van der Waals surface area contributed by atoms with Crippen LogP contribution in [-0.2, 0) is 19.2 Å². The number of rotatable bonds is 28. The summed E-state index contributed by atoms with van der Waals surface area (Å²) < 4.78 is 14.9. The van der Waals surface area contributed by atoms with Gasteiger partial charge in [-0.25, -0.2) is 0 Å². The molecule has 0 bridgehead atoms. The third-order valence-corrected chi connectivity index (χ3v) is 19.5. The number of nitrogens with zero attached hydrogens (tertiary/aromatic N) is 2. The average molecular weight is 1450 g/mol. The van der Waals surface area contributed by atoms with E-state index in [4.69, 9.17) is 9.47 Å². The van der Waals surface area contributed by atoms with Crippen molar-refractivity contribution in [1.29, 1.82) is 0 Å². The van der Waals surface area contributed by atoms with Gasteiger partial charge in [-0.2, -0.15) is 0 Å². The number of fused-ring (bicyclic) bond motifs is 3. The molecule has 1 aromatic heterocycles. The highest BCUT2D eigenvalue weighted by Crippen LogP contribution is 2.43. The molecule has 1 heterocycles. The summed E-state index contributed by atoms with van der Waals surface area (Å²) in [5.74, 6) is -10.6. The molecule has 1 fully saturated rings. The SMILES string of the molecule is CCC(=O)c1cc(C(=O)CC)c(C(=O)Nc2ccc(N(c3ccc(NC(=O)C4CC(C(=O)CNc5ccc(Oc6cccc(Oc7ccc(NC)cc7)c6C(=O)Nc6ccc(Nc7ccccc7)cc6)cc5)C(C(=O)O)CC4C(=O)O)cc3)c3ccc(-n4c5ccccc5c5ccccc54)cc3)cc2)cc1C(C)=O. The summed E-state index contributed by atoms with van der Waals surface area (Å²) in [6, 6.07) is 76.2. The van der Waals surface area contributed by atoms with Crippen LogP contribution in [0, 0.1) is 23.7 Å². The lowest BCUT2D eigenvalue weighted by Gasteiger charge is -2.36. The van der Waals surface area contributed by atoms with E-state index < -0.39 is 71.3 Å². The minimum Gasteiger partial charge on any atom is -0.481 e. The lowest BCUT2D eigenvalue weighted by Crippen LogP contribution is -2.47. The van der Waals surface area contributed by atoms with Crippen molar-refractivity contribution < 1.29 is 62.8 Å². The molecule has 21 heteroatoms. The van der Waals surface area contributed by atoms with Gasteiger partial charge in [0.1, 0.15) is 28.6 Å². The molecular weight excluding hydrogens is 1380 g/mol. The molecule has 0 spiro atoms. The number of carbonyl (C=O) groups excluding carboxylic acids is 7. The van der Waals surface area contributed by atoms with Crippen molar-refractivity contribution in [3.8, 4) is 28.7 Å². The molecule has 12 aromatic rings. The maximum absolute atomic E-state index is 14.5. The molecule has 0 saturated heterocycles. The molecule has 21 nitrogen and oxygen atoms in total. The van der Waals surface area contributed by atoms with Crippen molar-refractivity contribution in [2.75, 3.05) is 50.4 Å². The summed E-state index contributed by atoms with van der Waals surface area (Å²) in [6.07, 6.45) is -0.731. The van der Waals surface area contributed by atoms with Crippen LogP contribution in [-0.4, -0.2) is 81.2 Å². The molecule has 0 radical (unpaired) electrons. The van der Waals surface area contributed by atoms with Gasteiger partial charge in [-0.15, -0.1) is 0 Å². The molecule has 1 saturated carbocycles. The van der Waals surface area contributed by atoms with Gasteiger partial charge >= 0.3 is 11.9 Å². The number of hydrogen-bond donors (Lipinski definition) is 8. The fourth-order valence-electron chi connectivity index (χ4n) is 13.9. The highest BCUT2D eigenvalue weighted by molar-refractivity contribution is 6.17. The van der Waals surface area contributed by atoms with Crippen molar-refractivity contribution in [3.05, 3.63) is 283 Å². The summed E-state index contributed by atoms with van der Waals surface area (Å²) in [5, 5.41) is 41.5. The van der Waals surface area contributed by atoms with E-state index in [1.165, 1.54) is 19.1 Å². The van der Waals surface area contributed by atoms with E-state index >= 15 is 0 Å². The second-order valence-corrected chi connectivity index (χ2v) is 26.4. The standard InChI is InChI=1S/C88H76N8O13/c1-5-78(98)69-48-70(79(99)6-2)72(47-68(69)52(3)97)84(101)92-58-27-35-60(36-28-58)95(62-39-41-63(42-40-62)96-76-19-12-10-17-66(76)67-18-11-13-20-77(67)96)61-37-29-59(30-38-61)93-85(102)73-49-71(74(87(104)105)50-75(73)88(106)107)80(100)51-90-54-33-45-65(46-34-54)109-82-22-14-21-81(108-64-43-31-53(89-4)32-44-64)83(82)86(103)94-57-25-23-56(24-26-57)91-55-15-8-7-9-16-55/h7-48,71,73-75,89-91H,5-6,49-51H2,1-4H3,(H,92,101)(H,93,102)(H,94,103)(H,104,105)(H,106,107). The summed E-state index contributed by atoms with van der Waals surface area (Å²) >= 11 is 0. The van der Waals surface area contributed by atoms with Crippen molar-refractivity contribution in [2.24, 2.45) is 23.7 Å². The average Bonchev–Trinajstić information content (AvgIpc) is 1.62. The van der Waals surface area contributed by atoms with Gasteiger partial charge in [-0.05, 0) is 214 Å². The lowest BCUT2D eigenvalue weighted by atomic mass is 9.66. The third-order valence-electron chi connectivity index (χ3n) is 19.5. The van der Waals surface area contributed by atoms with E-state index in [1.54, 1.807) is 136 Å². The molecule has 4 atom stereocenters. The van der Waals surface area contributed by atoms with Gasteiger partial charge in [0, 0.05) is 116 Å². The Morgan fingerprint density at radius 3 is 1.39 bits per heavy atom. The van der Waals surface area contributed by atoms with Crippen LogP contribution in [0.1, 0.15) is 98.2 Å². The smallest absolute Gasteiger partial charge is 0.307 e. The van der Waals surface area contributed by atoms with Gasteiger partial charge in [0.15, 0.2) is 23.1 Å². The summed E-state index contributed by atoms with van der Waals surface area (Å²) in [5.41, 5.74) is 9.22. The lowest BCUT2D eigenvalue weighted by molar-refractivity contribution is -0.158. The molecule has 1 aliphatic carbocycles. The van der Waals surface area contributed by atoms with Crippen molar-refractivity contribution >= 4 is 131 Å². The fraction of sp³-hybridized carbons (Fsp3) is 0.148. The highest BCUT2D eigenvalue weighted by atomic mass is 16.5. The van der Waals surface area contributed by atoms with Crippen LogP contribution >= 0.6 is 0 Å². The van der Waals surface area contributed by atoms with Crippen LogP contribution in [0.5, 0.6) is 23.0 Å².